The van der Waals surface area contributed by atoms with Crippen molar-refractivity contribution in [1.29, 1.82) is 0 Å². The predicted molar refractivity (Wildman–Crippen MR) is 109 cm³/mol. The van der Waals surface area contributed by atoms with E-state index in [1.54, 1.807) is 7.11 Å². The van der Waals surface area contributed by atoms with E-state index in [1.165, 1.54) is 11.3 Å². The molecule has 26 heavy (non-hydrogen) atoms. The maximum atomic E-state index is 12.7. The number of carbonyl (C=O) groups is 1. The van der Waals surface area contributed by atoms with E-state index in [-0.39, 0.29) is 11.9 Å². The number of hydrogen-bond donors (Lipinski definition) is 1. The number of halogens is 1. The highest BCUT2D eigenvalue weighted by Gasteiger charge is 2.20. The number of thiophene rings is 1. The molecule has 0 unspecified atom stereocenters. The summed E-state index contributed by atoms with van der Waals surface area (Å²) in [6.45, 7) is 0.489. The van der Waals surface area contributed by atoms with Crippen molar-refractivity contribution in [2.45, 2.75) is 6.04 Å². The summed E-state index contributed by atoms with van der Waals surface area (Å²) in [7, 11) is 5.63. The molecule has 1 aromatic heterocycles. The first-order valence-corrected chi connectivity index (χ1v) is 9.46. The minimum atomic E-state index is -0.142. The Kier molecular flexibility index (Phi) is 5.81. The fourth-order valence-corrected chi connectivity index (χ4v) is 4.29. The largest absolute Gasteiger partial charge is 0.497 e. The number of nitrogens with one attached hydrogen (secondary N) is 1. The van der Waals surface area contributed by atoms with Gasteiger partial charge in [-0.1, -0.05) is 41.9 Å². The number of carbonyl (C=O) groups excluding carboxylic acids is 1. The summed E-state index contributed by atoms with van der Waals surface area (Å²) in [6.07, 6.45) is 0. The Morgan fingerprint density at radius 2 is 1.88 bits per heavy atom. The van der Waals surface area contributed by atoms with Crippen molar-refractivity contribution >= 4 is 38.9 Å². The number of methoxy groups -OCH3 is 1. The first-order valence-electron chi connectivity index (χ1n) is 8.27. The molecule has 0 aliphatic heterocycles. The molecule has 2 aromatic carbocycles. The number of hydrogen-bond acceptors (Lipinski definition) is 4. The van der Waals surface area contributed by atoms with Gasteiger partial charge >= 0.3 is 0 Å². The van der Waals surface area contributed by atoms with Gasteiger partial charge in [-0.15, -0.1) is 11.3 Å². The van der Waals surface area contributed by atoms with Crippen LogP contribution in [0.15, 0.2) is 48.5 Å². The fourth-order valence-electron chi connectivity index (χ4n) is 2.85. The zero-order chi connectivity index (χ0) is 18.7. The molecule has 0 saturated carbocycles. The molecule has 0 bridgehead atoms. The van der Waals surface area contributed by atoms with Crippen LogP contribution < -0.4 is 10.1 Å². The van der Waals surface area contributed by atoms with Gasteiger partial charge in [-0.25, -0.2) is 0 Å². The second-order valence-electron chi connectivity index (χ2n) is 6.20. The number of nitrogens with zero attached hydrogens (tertiary/aromatic N) is 1. The van der Waals surface area contributed by atoms with E-state index in [4.69, 9.17) is 16.3 Å². The third kappa shape index (κ3) is 3.85. The molecule has 0 radical (unpaired) electrons. The highest BCUT2D eigenvalue weighted by atomic mass is 35.5. The van der Waals surface area contributed by atoms with Gasteiger partial charge in [-0.05, 0) is 37.9 Å². The summed E-state index contributed by atoms with van der Waals surface area (Å²) in [5, 5.41) is 4.47. The molecule has 0 fully saturated rings. The molecule has 0 aliphatic carbocycles. The maximum Gasteiger partial charge on any atom is 0.262 e. The van der Waals surface area contributed by atoms with Crippen molar-refractivity contribution in [3.8, 4) is 5.75 Å². The van der Waals surface area contributed by atoms with E-state index in [0.717, 1.165) is 21.4 Å². The lowest BCUT2D eigenvalue weighted by Crippen LogP contribution is -2.34. The Labute approximate surface area is 162 Å². The molecular formula is C20H21ClN2O2S. The highest BCUT2D eigenvalue weighted by Crippen LogP contribution is 2.35. The van der Waals surface area contributed by atoms with Crippen LogP contribution in [0.4, 0.5) is 0 Å². The molecule has 3 rings (SSSR count). The van der Waals surface area contributed by atoms with Crippen LogP contribution in [0.5, 0.6) is 5.75 Å². The maximum absolute atomic E-state index is 12.7. The standard InChI is InChI=1S/C20H21ClN2O2S/c1-23(2)16(13-8-10-14(25-3)11-9-13)12-22-20(24)19-18(21)15-6-4-5-7-17(15)26-19/h4-11,16H,12H2,1-3H3,(H,22,24)/t16-/m0/s1. The number of fused-ring (bicyclic) bond motifs is 1. The van der Waals surface area contributed by atoms with Gasteiger partial charge in [0.1, 0.15) is 10.6 Å². The molecule has 136 valence electrons. The molecule has 1 N–H and O–H groups in total. The molecule has 0 spiro atoms. The van der Waals surface area contributed by atoms with E-state index < -0.39 is 0 Å². The monoisotopic (exact) mass is 388 g/mol. The smallest absolute Gasteiger partial charge is 0.262 e. The number of ether oxygens (including phenoxy) is 1. The van der Waals surface area contributed by atoms with Crippen LogP contribution in [-0.4, -0.2) is 38.6 Å². The molecule has 4 nitrogen and oxygen atoms in total. The summed E-state index contributed by atoms with van der Waals surface area (Å²) in [5.74, 6) is 0.670. The SMILES string of the molecule is COc1ccc([C@H](CNC(=O)c2sc3ccccc3c2Cl)N(C)C)cc1. The lowest BCUT2D eigenvalue weighted by molar-refractivity contribution is 0.0946. The van der Waals surface area contributed by atoms with Crippen LogP contribution in [-0.2, 0) is 0 Å². The Morgan fingerprint density at radius 3 is 2.50 bits per heavy atom. The van der Waals surface area contributed by atoms with Crippen molar-refractivity contribution in [3.05, 3.63) is 64.0 Å². The van der Waals surface area contributed by atoms with Gasteiger partial charge < -0.3 is 15.0 Å². The quantitative estimate of drug-likeness (QED) is 0.671. The average molecular weight is 389 g/mol. The zero-order valence-electron chi connectivity index (χ0n) is 15.0. The van der Waals surface area contributed by atoms with Crippen LogP contribution in [0.25, 0.3) is 10.1 Å². The Bertz CT molecular complexity index is 906. The second kappa shape index (κ2) is 8.08. The summed E-state index contributed by atoms with van der Waals surface area (Å²) in [6, 6.07) is 15.7. The third-order valence-electron chi connectivity index (χ3n) is 4.32. The van der Waals surface area contributed by atoms with E-state index >= 15 is 0 Å². The minimum absolute atomic E-state index is 0.0537. The number of benzene rings is 2. The van der Waals surface area contributed by atoms with Gasteiger partial charge in [0, 0.05) is 16.6 Å². The van der Waals surface area contributed by atoms with E-state index in [9.17, 15) is 4.79 Å². The molecule has 0 saturated heterocycles. The molecule has 1 atom stereocenters. The third-order valence-corrected chi connectivity index (χ3v) is 6.00. The molecular weight excluding hydrogens is 368 g/mol. The van der Waals surface area contributed by atoms with Gasteiger partial charge in [0.2, 0.25) is 0 Å². The van der Waals surface area contributed by atoms with Gasteiger partial charge in [0.05, 0.1) is 18.2 Å². The van der Waals surface area contributed by atoms with Gasteiger partial charge in [-0.2, -0.15) is 0 Å². The topological polar surface area (TPSA) is 41.6 Å². The van der Waals surface area contributed by atoms with Crippen LogP contribution in [0.2, 0.25) is 5.02 Å². The minimum Gasteiger partial charge on any atom is -0.497 e. The lowest BCUT2D eigenvalue weighted by atomic mass is 10.1. The summed E-state index contributed by atoms with van der Waals surface area (Å²) in [4.78, 5) is 15.3. The normalized spacial score (nSPS) is 12.3. The Hall–Kier alpha value is -2.08. The molecule has 0 aliphatic rings. The van der Waals surface area contributed by atoms with Crippen LogP contribution in [0.1, 0.15) is 21.3 Å². The lowest BCUT2D eigenvalue weighted by Gasteiger charge is -2.25. The molecule has 6 heteroatoms. The molecule has 1 heterocycles. The first-order chi connectivity index (χ1) is 12.5. The van der Waals surface area contributed by atoms with Gasteiger partial charge in [0.25, 0.3) is 5.91 Å². The Morgan fingerprint density at radius 1 is 1.19 bits per heavy atom. The van der Waals surface area contributed by atoms with Crippen molar-refractivity contribution in [1.82, 2.24) is 10.2 Å². The van der Waals surface area contributed by atoms with Crippen molar-refractivity contribution in [2.75, 3.05) is 27.7 Å². The average Bonchev–Trinajstić information content (AvgIpc) is 2.99. The molecule has 1 amide bonds. The number of likely N-dealkylation sites (N-methyl/N-ethyl adjacent to an activating group) is 1. The van der Waals surface area contributed by atoms with E-state index in [2.05, 4.69) is 10.2 Å². The van der Waals surface area contributed by atoms with Crippen molar-refractivity contribution < 1.29 is 9.53 Å². The number of amides is 1. The molecule has 3 aromatic rings. The van der Waals surface area contributed by atoms with Crippen molar-refractivity contribution in [2.24, 2.45) is 0 Å². The highest BCUT2D eigenvalue weighted by molar-refractivity contribution is 7.21. The summed E-state index contributed by atoms with van der Waals surface area (Å²) >= 11 is 7.82. The fraction of sp³-hybridized carbons (Fsp3) is 0.250. The summed E-state index contributed by atoms with van der Waals surface area (Å²) in [5.41, 5.74) is 1.11. The van der Waals surface area contributed by atoms with E-state index in [1.807, 2.05) is 62.6 Å². The zero-order valence-corrected chi connectivity index (χ0v) is 16.5. The van der Waals surface area contributed by atoms with Gasteiger partial charge in [-0.3, -0.25) is 4.79 Å². The Balaban J connectivity index is 1.75. The first kappa shape index (κ1) is 18.7. The summed E-state index contributed by atoms with van der Waals surface area (Å²) < 4.78 is 6.23. The van der Waals surface area contributed by atoms with E-state index in [0.29, 0.717) is 16.4 Å². The predicted octanol–water partition coefficient (Wildman–Crippen LogP) is 4.60. The van der Waals surface area contributed by atoms with Crippen LogP contribution >= 0.6 is 22.9 Å². The van der Waals surface area contributed by atoms with Crippen LogP contribution in [0, 0.1) is 0 Å². The van der Waals surface area contributed by atoms with Gasteiger partial charge in [0.15, 0.2) is 0 Å². The van der Waals surface area contributed by atoms with Crippen LogP contribution in [0.3, 0.4) is 0 Å². The number of rotatable bonds is 6. The van der Waals surface area contributed by atoms with Crippen molar-refractivity contribution in [3.63, 3.8) is 0 Å². The second-order valence-corrected chi connectivity index (χ2v) is 7.63.